The molecule has 19 heavy (non-hydrogen) atoms. The normalized spacial score (nSPS) is 16.5. The van der Waals surface area contributed by atoms with E-state index in [2.05, 4.69) is 46.9 Å². The highest BCUT2D eigenvalue weighted by molar-refractivity contribution is 7.09. The van der Waals surface area contributed by atoms with E-state index in [1.165, 1.54) is 29.0 Å². The first kappa shape index (κ1) is 12.8. The maximum atomic E-state index is 4.44. The van der Waals surface area contributed by atoms with Crippen molar-refractivity contribution in [2.75, 3.05) is 6.54 Å². The molecular formula is C16H20N2S. The molecular weight excluding hydrogens is 252 g/mol. The van der Waals surface area contributed by atoms with Gasteiger partial charge in [-0.3, -0.25) is 0 Å². The summed E-state index contributed by atoms with van der Waals surface area (Å²) in [5.74, 6) is 0.534. The van der Waals surface area contributed by atoms with E-state index in [-0.39, 0.29) is 0 Å². The molecule has 2 nitrogen and oxygen atoms in total. The molecule has 2 aromatic rings. The van der Waals surface area contributed by atoms with Crippen molar-refractivity contribution in [1.29, 1.82) is 0 Å². The molecule has 0 spiro atoms. The fourth-order valence-corrected chi connectivity index (χ4v) is 3.09. The molecule has 1 aliphatic rings. The summed E-state index contributed by atoms with van der Waals surface area (Å²) in [5, 5.41) is 6.97. The van der Waals surface area contributed by atoms with Crippen LogP contribution in [0.4, 0.5) is 0 Å². The van der Waals surface area contributed by atoms with Gasteiger partial charge in [-0.2, -0.15) is 0 Å². The predicted octanol–water partition coefficient (Wildman–Crippen LogP) is 3.53. The van der Waals surface area contributed by atoms with Crippen LogP contribution in [0, 0.1) is 6.92 Å². The fraction of sp³-hybridized carbons (Fsp3) is 0.438. The van der Waals surface area contributed by atoms with E-state index in [0.29, 0.717) is 5.92 Å². The van der Waals surface area contributed by atoms with Gasteiger partial charge >= 0.3 is 0 Å². The third-order valence-corrected chi connectivity index (χ3v) is 4.45. The lowest BCUT2D eigenvalue weighted by Gasteiger charge is -2.17. The Morgan fingerprint density at radius 3 is 3.00 bits per heavy atom. The molecule has 1 heterocycles. The topological polar surface area (TPSA) is 24.9 Å². The van der Waals surface area contributed by atoms with Crippen LogP contribution < -0.4 is 5.32 Å². The first-order chi connectivity index (χ1) is 9.31. The maximum absolute atomic E-state index is 4.44. The van der Waals surface area contributed by atoms with Gasteiger partial charge in [0.1, 0.15) is 0 Å². The van der Waals surface area contributed by atoms with Crippen LogP contribution in [0.5, 0.6) is 0 Å². The average Bonchev–Trinajstić information content (AvgIpc) is 3.10. The van der Waals surface area contributed by atoms with Crippen molar-refractivity contribution < 1.29 is 0 Å². The van der Waals surface area contributed by atoms with Crippen LogP contribution >= 0.6 is 11.3 Å². The van der Waals surface area contributed by atoms with Gasteiger partial charge < -0.3 is 5.32 Å². The van der Waals surface area contributed by atoms with E-state index in [1.807, 2.05) is 6.20 Å². The van der Waals surface area contributed by atoms with Gasteiger partial charge in [0.05, 0.1) is 5.01 Å². The number of nitrogens with zero attached hydrogens (tertiary/aromatic N) is 1. The molecule has 3 rings (SSSR count). The minimum absolute atomic E-state index is 0.534. The molecule has 0 saturated heterocycles. The number of benzene rings is 1. The molecule has 0 radical (unpaired) electrons. The number of rotatable bonds is 6. The highest BCUT2D eigenvalue weighted by atomic mass is 32.1. The second-order valence-corrected chi connectivity index (χ2v) is 6.40. The molecule has 1 unspecified atom stereocenters. The van der Waals surface area contributed by atoms with Gasteiger partial charge in [0, 0.05) is 36.5 Å². The summed E-state index contributed by atoms with van der Waals surface area (Å²) in [6.45, 7) is 3.23. The van der Waals surface area contributed by atoms with E-state index < -0.39 is 0 Å². The molecule has 0 aliphatic heterocycles. The molecule has 1 atom stereocenters. The summed E-state index contributed by atoms with van der Waals surface area (Å²) < 4.78 is 0. The maximum Gasteiger partial charge on any atom is 0.0931 e. The van der Waals surface area contributed by atoms with Crippen LogP contribution in [0.1, 0.15) is 34.9 Å². The van der Waals surface area contributed by atoms with Gasteiger partial charge in [0.15, 0.2) is 0 Å². The lowest BCUT2D eigenvalue weighted by Crippen LogP contribution is -2.24. The summed E-state index contributed by atoms with van der Waals surface area (Å²) >= 11 is 1.76. The third-order valence-electron chi connectivity index (χ3n) is 3.65. The largest absolute Gasteiger partial charge is 0.313 e. The lowest BCUT2D eigenvalue weighted by molar-refractivity contribution is 0.576. The standard InChI is InChI=1S/C16H20N2S/c1-12-3-2-4-13(9-12)14(11-18-15-5-6-15)10-16-17-7-8-19-16/h2-4,7-9,14-15,18H,5-6,10-11H2,1H3. The van der Waals surface area contributed by atoms with E-state index >= 15 is 0 Å². The molecule has 1 saturated carbocycles. The predicted molar refractivity (Wildman–Crippen MR) is 80.8 cm³/mol. The van der Waals surface area contributed by atoms with Crippen molar-refractivity contribution >= 4 is 11.3 Å². The number of thiazole rings is 1. The van der Waals surface area contributed by atoms with Crippen molar-refractivity contribution in [2.45, 2.75) is 38.1 Å². The Morgan fingerprint density at radius 1 is 1.42 bits per heavy atom. The molecule has 100 valence electrons. The molecule has 1 N–H and O–H groups in total. The zero-order valence-corrected chi connectivity index (χ0v) is 12.1. The smallest absolute Gasteiger partial charge is 0.0931 e. The van der Waals surface area contributed by atoms with E-state index in [4.69, 9.17) is 0 Å². The van der Waals surface area contributed by atoms with E-state index in [9.17, 15) is 0 Å². The molecule has 0 bridgehead atoms. The molecule has 1 aromatic carbocycles. The van der Waals surface area contributed by atoms with Gasteiger partial charge in [-0.1, -0.05) is 29.8 Å². The number of aryl methyl sites for hydroxylation is 1. The van der Waals surface area contributed by atoms with Gasteiger partial charge in [0.2, 0.25) is 0 Å². The summed E-state index contributed by atoms with van der Waals surface area (Å²) in [5.41, 5.74) is 2.77. The molecule has 1 fully saturated rings. The van der Waals surface area contributed by atoms with Crippen LogP contribution in [0.2, 0.25) is 0 Å². The van der Waals surface area contributed by atoms with Crippen molar-refractivity contribution in [2.24, 2.45) is 0 Å². The molecule has 0 amide bonds. The Labute approximate surface area is 118 Å². The van der Waals surface area contributed by atoms with Gasteiger partial charge in [-0.05, 0) is 25.3 Å². The van der Waals surface area contributed by atoms with Crippen LogP contribution in [0.15, 0.2) is 35.8 Å². The number of nitrogens with one attached hydrogen (secondary N) is 1. The van der Waals surface area contributed by atoms with Crippen LogP contribution in [-0.2, 0) is 6.42 Å². The van der Waals surface area contributed by atoms with Crippen LogP contribution in [-0.4, -0.2) is 17.6 Å². The Morgan fingerprint density at radius 2 is 2.32 bits per heavy atom. The summed E-state index contributed by atoms with van der Waals surface area (Å²) in [7, 11) is 0. The summed E-state index contributed by atoms with van der Waals surface area (Å²) in [6, 6.07) is 9.66. The minimum atomic E-state index is 0.534. The van der Waals surface area contributed by atoms with Gasteiger partial charge in [0.25, 0.3) is 0 Å². The number of hydrogen-bond acceptors (Lipinski definition) is 3. The minimum Gasteiger partial charge on any atom is -0.313 e. The molecule has 3 heteroatoms. The second-order valence-electron chi connectivity index (χ2n) is 5.42. The Hall–Kier alpha value is -1.19. The van der Waals surface area contributed by atoms with Crippen molar-refractivity contribution in [3.63, 3.8) is 0 Å². The molecule has 1 aliphatic carbocycles. The first-order valence-electron chi connectivity index (χ1n) is 6.99. The zero-order valence-electron chi connectivity index (χ0n) is 11.3. The van der Waals surface area contributed by atoms with Gasteiger partial charge in [-0.25, -0.2) is 4.98 Å². The monoisotopic (exact) mass is 272 g/mol. The highest BCUT2D eigenvalue weighted by Gasteiger charge is 2.23. The number of hydrogen-bond donors (Lipinski definition) is 1. The first-order valence-corrected chi connectivity index (χ1v) is 7.87. The number of aromatic nitrogens is 1. The van der Waals surface area contributed by atoms with Gasteiger partial charge in [-0.15, -0.1) is 11.3 Å². The SMILES string of the molecule is Cc1cccc(C(CNC2CC2)Cc2nccs2)c1. The third kappa shape index (κ3) is 3.64. The zero-order chi connectivity index (χ0) is 13.1. The van der Waals surface area contributed by atoms with Crippen molar-refractivity contribution in [3.05, 3.63) is 52.0 Å². The Bertz CT molecular complexity index is 517. The Kier molecular flexibility index (Phi) is 3.95. The average molecular weight is 272 g/mol. The van der Waals surface area contributed by atoms with Crippen LogP contribution in [0.3, 0.4) is 0 Å². The van der Waals surface area contributed by atoms with Crippen LogP contribution in [0.25, 0.3) is 0 Å². The Balaban J connectivity index is 1.73. The highest BCUT2D eigenvalue weighted by Crippen LogP contribution is 2.25. The lowest BCUT2D eigenvalue weighted by atomic mass is 9.94. The van der Waals surface area contributed by atoms with E-state index in [1.54, 1.807) is 11.3 Å². The summed E-state index contributed by atoms with van der Waals surface area (Å²) in [4.78, 5) is 4.44. The van der Waals surface area contributed by atoms with Crippen molar-refractivity contribution in [1.82, 2.24) is 10.3 Å². The summed E-state index contributed by atoms with van der Waals surface area (Å²) in [6.07, 6.45) is 5.64. The van der Waals surface area contributed by atoms with Crippen molar-refractivity contribution in [3.8, 4) is 0 Å². The molecule has 1 aromatic heterocycles. The second kappa shape index (κ2) is 5.85. The fourth-order valence-electron chi connectivity index (χ4n) is 2.39. The quantitative estimate of drug-likeness (QED) is 0.870. The van der Waals surface area contributed by atoms with E-state index in [0.717, 1.165) is 19.0 Å².